The molecule has 2 aromatic rings. The second-order valence-electron chi connectivity index (χ2n) is 6.58. The van der Waals surface area contributed by atoms with Crippen LogP contribution in [0.5, 0.6) is 0 Å². The van der Waals surface area contributed by atoms with E-state index < -0.39 is 12.0 Å². The third kappa shape index (κ3) is 4.45. The summed E-state index contributed by atoms with van der Waals surface area (Å²) in [7, 11) is 0. The summed E-state index contributed by atoms with van der Waals surface area (Å²) in [5.74, 6) is -1.28. The molecule has 1 unspecified atom stereocenters. The third-order valence-electron chi connectivity index (χ3n) is 3.71. The van der Waals surface area contributed by atoms with Gasteiger partial charge in [0.05, 0.1) is 12.5 Å². The summed E-state index contributed by atoms with van der Waals surface area (Å²) >= 11 is 0. The lowest BCUT2D eigenvalue weighted by atomic mass is 9.86. The molecule has 3 N–H and O–H groups in total. The summed E-state index contributed by atoms with van der Waals surface area (Å²) in [6, 6.07) is 10.5. The van der Waals surface area contributed by atoms with Gasteiger partial charge in [0.25, 0.3) is 5.91 Å². The van der Waals surface area contributed by atoms with Gasteiger partial charge < -0.3 is 15.4 Å². The van der Waals surface area contributed by atoms with Crippen molar-refractivity contribution in [2.45, 2.75) is 38.6 Å². The van der Waals surface area contributed by atoms with Gasteiger partial charge in [-0.05, 0) is 28.7 Å². The summed E-state index contributed by atoms with van der Waals surface area (Å²) in [4.78, 5) is 26.1. The average Bonchev–Trinajstić information content (AvgIpc) is 2.99. The lowest BCUT2D eigenvalue weighted by Crippen LogP contribution is -2.30. The highest BCUT2D eigenvalue weighted by Gasteiger charge is 2.20. The first-order valence-electron chi connectivity index (χ1n) is 7.54. The minimum absolute atomic E-state index is 0.0221. The second kappa shape index (κ2) is 6.69. The molecule has 0 aliphatic heterocycles. The van der Waals surface area contributed by atoms with Crippen molar-refractivity contribution in [2.75, 3.05) is 0 Å². The summed E-state index contributed by atoms with van der Waals surface area (Å²) < 4.78 is 0. The Morgan fingerprint density at radius 2 is 1.83 bits per heavy atom. The van der Waals surface area contributed by atoms with Crippen LogP contribution in [0.2, 0.25) is 0 Å². The smallest absolute Gasteiger partial charge is 0.305 e. The van der Waals surface area contributed by atoms with Crippen molar-refractivity contribution in [2.24, 2.45) is 0 Å². The molecule has 0 saturated carbocycles. The quantitative estimate of drug-likeness (QED) is 0.792. The van der Waals surface area contributed by atoms with Gasteiger partial charge in [-0.25, -0.2) is 0 Å². The van der Waals surface area contributed by atoms with Gasteiger partial charge in [-0.1, -0.05) is 45.0 Å². The van der Waals surface area contributed by atoms with Crippen LogP contribution in [0.3, 0.4) is 0 Å². The molecule has 0 radical (unpaired) electrons. The molecule has 1 amide bonds. The number of carbonyl (C=O) groups is 2. The van der Waals surface area contributed by atoms with Crippen molar-refractivity contribution in [3.05, 3.63) is 59.4 Å². The van der Waals surface area contributed by atoms with Gasteiger partial charge in [0, 0.05) is 6.20 Å². The molecule has 5 nitrogen and oxygen atoms in total. The van der Waals surface area contributed by atoms with Crippen molar-refractivity contribution in [1.29, 1.82) is 0 Å². The van der Waals surface area contributed by atoms with Crippen LogP contribution in [-0.4, -0.2) is 22.0 Å². The van der Waals surface area contributed by atoms with Crippen LogP contribution >= 0.6 is 0 Å². The number of amides is 1. The van der Waals surface area contributed by atoms with E-state index in [2.05, 4.69) is 31.1 Å². The molecule has 0 bridgehead atoms. The lowest BCUT2D eigenvalue weighted by Gasteiger charge is -2.21. The second-order valence-corrected chi connectivity index (χ2v) is 6.58. The number of hydrogen-bond donors (Lipinski definition) is 3. The Morgan fingerprint density at radius 3 is 2.30 bits per heavy atom. The van der Waals surface area contributed by atoms with Crippen molar-refractivity contribution < 1.29 is 14.7 Å². The van der Waals surface area contributed by atoms with Crippen LogP contribution in [0.1, 0.15) is 54.8 Å². The maximum Gasteiger partial charge on any atom is 0.305 e. The largest absolute Gasteiger partial charge is 0.481 e. The Balaban J connectivity index is 2.21. The molecule has 0 aliphatic carbocycles. The molecule has 5 heteroatoms. The molecule has 1 heterocycles. The summed E-state index contributed by atoms with van der Waals surface area (Å²) in [5, 5.41) is 11.9. The number of carboxylic acid groups (broad SMARTS) is 1. The Kier molecular flexibility index (Phi) is 4.89. The van der Waals surface area contributed by atoms with E-state index in [4.69, 9.17) is 5.11 Å². The minimum Gasteiger partial charge on any atom is -0.481 e. The number of aliphatic carboxylic acids is 1. The minimum atomic E-state index is -0.957. The van der Waals surface area contributed by atoms with Gasteiger partial charge in [-0.2, -0.15) is 0 Å². The topological polar surface area (TPSA) is 82.2 Å². The molecule has 0 saturated heterocycles. The highest BCUT2D eigenvalue weighted by molar-refractivity contribution is 5.92. The van der Waals surface area contributed by atoms with Crippen LogP contribution in [0.25, 0.3) is 0 Å². The van der Waals surface area contributed by atoms with E-state index >= 15 is 0 Å². The van der Waals surface area contributed by atoms with Gasteiger partial charge in [0.2, 0.25) is 0 Å². The summed E-state index contributed by atoms with van der Waals surface area (Å²) in [6.45, 7) is 6.34. The average molecular weight is 314 g/mol. The monoisotopic (exact) mass is 314 g/mol. The molecule has 23 heavy (non-hydrogen) atoms. The standard InChI is InChI=1S/C18H22N2O3/c1-18(2,3)13-8-6-12(7-9-13)15(11-16(21)22)20-17(23)14-5-4-10-19-14/h4-10,15,19H,11H2,1-3H3,(H,20,23)(H,21,22). The molecule has 122 valence electrons. The van der Waals surface area contributed by atoms with Crippen molar-refractivity contribution in [3.8, 4) is 0 Å². The predicted octanol–water partition coefficient (Wildman–Crippen LogP) is 3.26. The number of rotatable bonds is 5. The molecular formula is C18H22N2O3. The maximum absolute atomic E-state index is 12.2. The summed E-state index contributed by atoms with van der Waals surface area (Å²) in [5.41, 5.74) is 2.37. The van der Waals surface area contributed by atoms with Crippen LogP contribution in [0.4, 0.5) is 0 Å². The lowest BCUT2D eigenvalue weighted by molar-refractivity contribution is -0.137. The van der Waals surface area contributed by atoms with Crippen LogP contribution < -0.4 is 5.32 Å². The van der Waals surface area contributed by atoms with Gasteiger partial charge >= 0.3 is 5.97 Å². The number of H-pyrrole nitrogens is 1. The zero-order valence-corrected chi connectivity index (χ0v) is 13.6. The molecule has 2 rings (SSSR count). The van der Waals surface area contributed by atoms with Gasteiger partial charge in [0.1, 0.15) is 5.69 Å². The molecule has 1 atom stereocenters. The normalized spacial score (nSPS) is 12.7. The molecule has 1 aromatic heterocycles. The van der Waals surface area contributed by atoms with Crippen molar-refractivity contribution in [3.63, 3.8) is 0 Å². The Morgan fingerprint density at radius 1 is 1.17 bits per heavy atom. The van der Waals surface area contributed by atoms with E-state index in [1.807, 2.05) is 24.3 Å². The predicted molar refractivity (Wildman–Crippen MR) is 88.4 cm³/mol. The number of hydrogen-bond acceptors (Lipinski definition) is 2. The molecular weight excluding hydrogens is 292 g/mol. The highest BCUT2D eigenvalue weighted by Crippen LogP contribution is 2.25. The number of benzene rings is 1. The first kappa shape index (κ1) is 16.8. The Labute approximate surface area is 135 Å². The van der Waals surface area contributed by atoms with E-state index in [1.165, 1.54) is 0 Å². The Bertz CT molecular complexity index is 667. The molecule has 0 fully saturated rings. The highest BCUT2D eigenvalue weighted by atomic mass is 16.4. The van der Waals surface area contributed by atoms with E-state index in [9.17, 15) is 9.59 Å². The maximum atomic E-state index is 12.2. The van der Waals surface area contributed by atoms with E-state index in [0.717, 1.165) is 11.1 Å². The number of aromatic amines is 1. The van der Waals surface area contributed by atoms with Crippen molar-refractivity contribution >= 4 is 11.9 Å². The molecule has 1 aromatic carbocycles. The Hall–Kier alpha value is -2.56. The number of carboxylic acids is 1. The molecule has 0 spiro atoms. The zero-order valence-electron chi connectivity index (χ0n) is 13.6. The number of carbonyl (C=O) groups excluding carboxylic acids is 1. The third-order valence-corrected chi connectivity index (χ3v) is 3.71. The van der Waals surface area contributed by atoms with E-state index in [1.54, 1.807) is 18.3 Å². The fraction of sp³-hybridized carbons (Fsp3) is 0.333. The van der Waals surface area contributed by atoms with Crippen LogP contribution in [-0.2, 0) is 10.2 Å². The summed E-state index contributed by atoms with van der Waals surface area (Å²) in [6.07, 6.45) is 1.49. The van der Waals surface area contributed by atoms with E-state index in [-0.39, 0.29) is 17.7 Å². The fourth-order valence-corrected chi connectivity index (χ4v) is 2.35. The first-order valence-corrected chi connectivity index (χ1v) is 7.54. The zero-order chi connectivity index (χ0) is 17.0. The van der Waals surface area contributed by atoms with E-state index in [0.29, 0.717) is 5.69 Å². The van der Waals surface area contributed by atoms with Gasteiger partial charge in [-0.3, -0.25) is 9.59 Å². The van der Waals surface area contributed by atoms with Crippen molar-refractivity contribution in [1.82, 2.24) is 10.3 Å². The van der Waals surface area contributed by atoms with Gasteiger partial charge in [-0.15, -0.1) is 0 Å². The number of aromatic nitrogens is 1. The van der Waals surface area contributed by atoms with Gasteiger partial charge in [0.15, 0.2) is 0 Å². The number of nitrogens with one attached hydrogen (secondary N) is 2. The first-order chi connectivity index (χ1) is 10.8. The van der Waals surface area contributed by atoms with Crippen LogP contribution in [0.15, 0.2) is 42.6 Å². The fourth-order valence-electron chi connectivity index (χ4n) is 2.35. The SMILES string of the molecule is CC(C)(C)c1ccc(C(CC(=O)O)NC(=O)c2ccc[nH]2)cc1. The van der Waals surface area contributed by atoms with Crippen LogP contribution in [0, 0.1) is 0 Å². The molecule has 0 aliphatic rings.